The van der Waals surface area contributed by atoms with Crippen LogP contribution in [0.1, 0.15) is 10.4 Å². The van der Waals surface area contributed by atoms with E-state index in [1.54, 1.807) is 0 Å². The molecule has 7 nitrogen and oxygen atoms in total. The number of carboxylic acid groups (broad SMARTS) is 1. The topological polar surface area (TPSA) is 113 Å². The fourth-order valence-corrected chi connectivity index (χ4v) is 1.30. The molecule has 1 aromatic carbocycles. The first kappa shape index (κ1) is 15.7. The van der Waals surface area contributed by atoms with Gasteiger partial charge in [-0.2, -0.15) is 0 Å². The molecule has 0 amide bonds. The summed E-state index contributed by atoms with van der Waals surface area (Å²) < 4.78 is 39.0. The van der Waals surface area contributed by atoms with Crippen LogP contribution in [0, 0.1) is 15.9 Å². The summed E-state index contributed by atoms with van der Waals surface area (Å²) in [5.41, 5.74) is -2.37. The normalized spacial score (nSPS) is 11.2. The van der Waals surface area contributed by atoms with Crippen LogP contribution in [0.25, 0.3) is 0 Å². The molecular formula is C10H9F3N2O5. The van der Waals surface area contributed by atoms with Gasteiger partial charge in [-0.15, -0.1) is 0 Å². The number of alkyl halides is 2. The SMILES string of the molecule is O=C(O)c1cc(NCC(F)(F)CO)c([N+](=O)[O-])cc1F. The number of aliphatic hydroxyl groups excluding tert-OH is 1. The summed E-state index contributed by atoms with van der Waals surface area (Å²) >= 11 is 0. The maximum absolute atomic E-state index is 13.3. The minimum Gasteiger partial charge on any atom is -0.478 e. The highest BCUT2D eigenvalue weighted by atomic mass is 19.3. The van der Waals surface area contributed by atoms with Crippen LogP contribution < -0.4 is 5.32 Å². The lowest BCUT2D eigenvalue weighted by atomic mass is 10.1. The zero-order valence-corrected chi connectivity index (χ0v) is 9.77. The zero-order valence-electron chi connectivity index (χ0n) is 9.77. The fraction of sp³-hybridized carbons (Fsp3) is 0.300. The van der Waals surface area contributed by atoms with Gasteiger partial charge in [0.15, 0.2) is 0 Å². The zero-order chi connectivity index (χ0) is 15.5. The first-order valence-electron chi connectivity index (χ1n) is 5.12. The van der Waals surface area contributed by atoms with E-state index in [2.05, 4.69) is 0 Å². The maximum Gasteiger partial charge on any atom is 0.338 e. The van der Waals surface area contributed by atoms with Crippen molar-refractivity contribution in [3.63, 3.8) is 0 Å². The van der Waals surface area contributed by atoms with Crippen LogP contribution in [0.5, 0.6) is 0 Å². The van der Waals surface area contributed by atoms with Crippen molar-refractivity contribution < 1.29 is 33.1 Å². The minimum atomic E-state index is -3.56. The monoisotopic (exact) mass is 294 g/mol. The highest BCUT2D eigenvalue weighted by Gasteiger charge is 2.29. The van der Waals surface area contributed by atoms with Gasteiger partial charge in [-0.05, 0) is 6.07 Å². The third-order valence-electron chi connectivity index (χ3n) is 2.28. The molecule has 0 aromatic heterocycles. The van der Waals surface area contributed by atoms with Crippen molar-refractivity contribution in [3.05, 3.63) is 33.6 Å². The molecule has 0 radical (unpaired) electrons. The molecule has 0 bridgehead atoms. The number of aliphatic hydroxyl groups is 1. The summed E-state index contributed by atoms with van der Waals surface area (Å²) in [5, 5.41) is 29.6. The van der Waals surface area contributed by atoms with Crippen molar-refractivity contribution in [2.45, 2.75) is 5.92 Å². The molecule has 0 spiro atoms. The molecule has 20 heavy (non-hydrogen) atoms. The third kappa shape index (κ3) is 3.57. The van der Waals surface area contributed by atoms with Crippen LogP contribution in [-0.4, -0.2) is 40.2 Å². The number of rotatable bonds is 6. The van der Waals surface area contributed by atoms with Crippen LogP contribution in [0.3, 0.4) is 0 Å². The van der Waals surface area contributed by atoms with Crippen LogP contribution in [0.4, 0.5) is 24.5 Å². The molecule has 1 aromatic rings. The Morgan fingerprint density at radius 3 is 2.50 bits per heavy atom. The molecule has 0 fully saturated rings. The Hall–Kier alpha value is -2.36. The van der Waals surface area contributed by atoms with E-state index in [1.165, 1.54) is 0 Å². The smallest absolute Gasteiger partial charge is 0.338 e. The standard InChI is InChI=1S/C10H9F3N2O5/c11-6-2-8(15(19)20)7(1-5(6)9(17)18)14-3-10(12,13)4-16/h1-2,14,16H,3-4H2,(H,17,18). The molecular weight excluding hydrogens is 285 g/mol. The Labute approximate surface area is 109 Å². The predicted octanol–water partition coefficient (Wildman–Crippen LogP) is 1.47. The molecule has 0 saturated heterocycles. The summed E-state index contributed by atoms with van der Waals surface area (Å²) in [5.74, 6) is -6.62. The van der Waals surface area contributed by atoms with E-state index in [4.69, 9.17) is 10.2 Å². The van der Waals surface area contributed by atoms with E-state index >= 15 is 0 Å². The van der Waals surface area contributed by atoms with Gasteiger partial charge in [-0.1, -0.05) is 0 Å². The number of nitro benzene ring substituents is 1. The van der Waals surface area contributed by atoms with E-state index in [-0.39, 0.29) is 0 Å². The molecule has 10 heteroatoms. The Balaban J connectivity index is 3.18. The lowest BCUT2D eigenvalue weighted by molar-refractivity contribution is -0.384. The number of hydrogen-bond acceptors (Lipinski definition) is 5. The van der Waals surface area contributed by atoms with Crippen molar-refractivity contribution in [3.8, 4) is 0 Å². The molecule has 0 saturated carbocycles. The molecule has 0 unspecified atom stereocenters. The first-order chi connectivity index (χ1) is 9.18. The molecule has 0 aliphatic rings. The van der Waals surface area contributed by atoms with Crippen molar-refractivity contribution in [1.82, 2.24) is 0 Å². The average Bonchev–Trinajstić information content (AvgIpc) is 2.36. The summed E-state index contributed by atoms with van der Waals surface area (Å²) in [6.07, 6.45) is 0. The number of carboxylic acids is 1. The van der Waals surface area contributed by atoms with Gasteiger partial charge in [0.1, 0.15) is 18.1 Å². The Kier molecular flexibility index (Phi) is 4.50. The second-order valence-electron chi connectivity index (χ2n) is 3.78. The van der Waals surface area contributed by atoms with Crippen LogP contribution in [0.2, 0.25) is 0 Å². The quantitative estimate of drug-likeness (QED) is 0.541. The van der Waals surface area contributed by atoms with Gasteiger partial charge in [0.25, 0.3) is 11.6 Å². The van der Waals surface area contributed by atoms with Gasteiger partial charge in [0.2, 0.25) is 0 Å². The Morgan fingerprint density at radius 1 is 1.45 bits per heavy atom. The van der Waals surface area contributed by atoms with E-state index in [0.29, 0.717) is 12.1 Å². The largest absolute Gasteiger partial charge is 0.478 e. The number of nitrogens with one attached hydrogen (secondary N) is 1. The van der Waals surface area contributed by atoms with E-state index in [0.717, 1.165) is 0 Å². The Morgan fingerprint density at radius 2 is 2.05 bits per heavy atom. The minimum absolute atomic E-state index is 0.322. The van der Waals surface area contributed by atoms with Gasteiger partial charge in [0, 0.05) is 0 Å². The van der Waals surface area contributed by atoms with Gasteiger partial charge in [0.05, 0.1) is 23.1 Å². The summed E-state index contributed by atoms with van der Waals surface area (Å²) in [4.78, 5) is 20.3. The molecule has 110 valence electrons. The lowest BCUT2D eigenvalue weighted by Gasteiger charge is -2.15. The number of nitrogens with zero attached hydrogens (tertiary/aromatic N) is 1. The van der Waals surface area contributed by atoms with Crippen molar-refractivity contribution in [1.29, 1.82) is 0 Å². The van der Waals surface area contributed by atoms with Gasteiger partial charge in [-0.3, -0.25) is 10.1 Å². The predicted molar refractivity (Wildman–Crippen MR) is 60.5 cm³/mol. The first-order valence-corrected chi connectivity index (χ1v) is 5.12. The highest BCUT2D eigenvalue weighted by Crippen LogP contribution is 2.28. The van der Waals surface area contributed by atoms with Gasteiger partial charge >= 0.3 is 5.97 Å². The molecule has 0 aliphatic carbocycles. The third-order valence-corrected chi connectivity index (χ3v) is 2.28. The van der Waals surface area contributed by atoms with E-state index in [1.807, 2.05) is 5.32 Å². The average molecular weight is 294 g/mol. The number of nitro groups is 1. The summed E-state index contributed by atoms with van der Waals surface area (Å²) in [7, 11) is 0. The van der Waals surface area contributed by atoms with E-state index < -0.39 is 52.7 Å². The summed E-state index contributed by atoms with van der Waals surface area (Å²) in [6, 6.07) is 0.867. The van der Waals surface area contributed by atoms with Crippen molar-refractivity contribution in [2.24, 2.45) is 0 Å². The highest BCUT2D eigenvalue weighted by molar-refractivity contribution is 5.90. The van der Waals surface area contributed by atoms with Crippen LogP contribution in [0.15, 0.2) is 12.1 Å². The number of anilines is 1. The molecule has 3 N–H and O–H groups in total. The number of halogens is 3. The number of hydrogen-bond donors (Lipinski definition) is 3. The van der Waals surface area contributed by atoms with E-state index in [9.17, 15) is 28.1 Å². The molecule has 0 aliphatic heterocycles. The number of benzene rings is 1. The fourth-order valence-electron chi connectivity index (χ4n) is 1.30. The maximum atomic E-state index is 13.3. The molecule has 0 atom stereocenters. The van der Waals surface area contributed by atoms with Crippen LogP contribution in [-0.2, 0) is 0 Å². The van der Waals surface area contributed by atoms with Crippen LogP contribution >= 0.6 is 0 Å². The second kappa shape index (κ2) is 5.74. The van der Waals surface area contributed by atoms with Crippen molar-refractivity contribution >= 4 is 17.3 Å². The molecule has 1 rings (SSSR count). The van der Waals surface area contributed by atoms with Gasteiger partial charge < -0.3 is 15.5 Å². The number of aromatic carboxylic acids is 1. The Bertz CT molecular complexity index is 550. The lowest BCUT2D eigenvalue weighted by Crippen LogP contribution is -2.31. The van der Waals surface area contributed by atoms with Gasteiger partial charge in [-0.25, -0.2) is 18.0 Å². The molecule has 0 heterocycles. The summed E-state index contributed by atoms with van der Waals surface area (Å²) in [6.45, 7) is -2.67. The number of carbonyl (C=O) groups is 1. The van der Waals surface area contributed by atoms with Crippen molar-refractivity contribution in [2.75, 3.05) is 18.5 Å². The second-order valence-corrected chi connectivity index (χ2v) is 3.78.